The van der Waals surface area contributed by atoms with Crippen molar-refractivity contribution in [2.75, 3.05) is 5.73 Å². The van der Waals surface area contributed by atoms with E-state index in [2.05, 4.69) is 9.97 Å². The number of benzene rings is 2. The van der Waals surface area contributed by atoms with E-state index in [0.717, 1.165) is 11.1 Å². The monoisotopic (exact) mass is 365 g/mol. The van der Waals surface area contributed by atoms with E-state index < -0.39 is 11.6 Å². The van der Waals surface area contributed by atoms with Gasteiger partial charge < -0.3 is 20.7 Å². The Balaban J connectivity index is 1.90. The molecule has 138 valence electrons. The first kappa shape index (κ1) is 18.2. The summed E-state index contributed by atoms with van der Waals surface area (Å²) in [5.74, 6) is -0.315. The summed E-state index contributed by atoms with van der Waals surface area (Å²) in [6.07, 6.45) is 0. The topological polar surface area (TPSA) is 119 Å². The highest BCUT2D eigenvalue weighted by Gasteiger charge is 2.29. The molecular weight excluding hydrogens is 346 g/mol. The normalized spacial score (nSPS) is 11.2. The summed E-state index contributed by atoms with van der Waals surface area (Å²) in [7, 11) is 0. The average molecular weight is 365 g/mol. The second-order valence-corrected chi connectivity index (χ2v) is 6.49. The van der Waals surface area contributed by atoms with Gasteiger partial charge in [0.05, 0.1) is 11.4 Å². The van der Waals surface area contributed by atoms with E-state index in [-0.39, 0.29) is 11.7 Å². The maximum absolute atomic E-state index is 11.2. The predicted octanol–water partition coefficient (Wildman–Crippen LogP) is 3.34. The van der Waals surface area contributed by atoms with Gasteiger partial charge in [-0.15, -0.1) is 0 Å². The second-order valence-electron chi connectivity index (χ2n) is 6.49. The van der Waals surface area contributed by atoms with Gasteiger partial charge in [0.25, 0.3) is 0 Å². The van der Waals surface area contributed by atoms with Gasteiger partial charge in [-0.05, 0) is 68.4 Å². The van der Waals surface area contributed by atoms with Crippen molar-refractivity contribution in [2.45, 2.75) is 19.4 Å². The molecule has 0 aliphatic heterocycles. The molecule has 0 aliphatic carbocycles. The summed E-state index contributed by atoms with van der Waals surface area (Å²) < 4.78 is 5.50. The Labute approximate surface area is 156 Å². The number of ether oxygens (including phenoxy) is 1. The number of carbonyl (C=O) groups is 1. The van der Waals surface area contributed by atoms with Crippen LogP contribution in [0.15, 0.2) is 54.6 Å². The van der Waals surface area contributed by atoms with Crippen molar-refractivity contribution in [3.05, 3.63) is 54.6 Å². The molecule has 0 bridgehead atoms. The highest BCUT2D eigenvalue weighted by molar-refractivity contribution is 5.77. The van der Waals surface area contributed by atoms with Gasteiger partial charge >= 0.3 is 5.97 Å². The van der Waals surface area contributed by atoms with Crippen molar-refractivity contribution >= 4 is 11.9 Å². The third-order valence-corrected chi connectivity index (χ3v) is 3.94. The van der Waals surface area contributed by atoms with Crippen LogP contribution in [0.1, 0.15) is 13.8 Å². The molecule has 0 atom stereocenters. The fraction of sp³-hybridized carbons (Fsp3) is 0.150. The molecule has 0 saturated carbocycles. The number of carboxylic acids is 1. The molecule has 2 aromatic carbocycles. The number of nitrogens with zero attached hydrogens (tertiary/aromatic N) is 2. The Hall–Kier alpha value is -3.61. The van der Waals surface area contributed by atoms with Gasteiger partial charge in [-0.3, -0.25) is 0 Å². The van der Waals surface area contributed by atoms with Crippen molar-refractivity contribution in [3.63, 3.8) is 0 Å². The van der Waals surface area contributed by atoms with Crippen LogP contribution >= 0.6 is 0 Å². The summed E-state index contributed by atoms with van der Waals surface area (Å²) in [4.78, 5) is 19.7. The van der Waals surface area contributed by atoms with Crippen LogP contribution in [-0.4, -0.2) is 31.8 Å². The summed E-state index contributed by atoms with van der Waals surface area (Å²) >= 11 is 0. The van der Waals surface area contributed by atoms with Crippen LogP contribution in [0.2, 0.25) is 0 Å². The number of anilines is 1. The Morgan fingerprint density at radius 1 is 0.963 bits per heavy atom. The van der Waals surface area contributed by atoms with Crippen molar-refractivity contribution in [1.29, 1.82) is 0 Å². The summed E-state index contributed by atoms with van der Waals surface area (Å²) in [6, 6.07) is 15.3. The molecule has 1 aromatic heterocycles. The Bertz CT molecular complexity index is 968. The molecule has 0 spiro atoms. The predicted molar refractivity (Wildman–Crippen MR) is 101 cm³/mol. The molecule has 0 aliphatic rings. The van der Waals surface area contributed by atoms with E-state index in [1.165, 1.54) is 13.8 Å². The molecular formula is C20H19N3O4. The molecule has 7 heteroatoms. The number of nitrogen functional groups attached to an aromatic ring is 1. The minimum Gasteiger partial charge on any atom is -0.508 e. The molecule has 3 rings (SSSR count). The molecule has 0 unspecified atom stereocenters. The number of nitrogens with two attached hydrogens (primary N) is 1. The Kier molecular flexibility index (Phi) is 4.68. The molecule has 0 amide bonds. The smallest absolute Gasteiger partial charge is 0.347 e. The number of aromatic nitrogens is 2. The largest absolute Gasteiger partial charge is 0.508 e. The van der Waals surface area contributed by atoms with Crippen LogP contribution in [0, 0.1) is 0 Å². The van der Waals surface area contributed by atoms with Crippen molar-refractivity contribution in [2.24, 2.45) is 0 Å². The molecule has 3 aromatic rings. The first-order valence-electron chi connectivity index (χ1n) is 8.21. The molecule has 0 radical (unpaired) electrons. The van der Waals surface area contributed by atoms with Gasteiger partial charge in [0.1, 0.15) is 11.5 Å². The molecule has 0 fully saturated rings. The van der Waals surface area contributed by atoms with Crippen LogP contribution in [-0.2, 0) is 4.79 Å². The van der Waals surface area contributed by atoms with Gasteiger partial charge in [0.15, 0.2) is 5.60 Å². The second kappa shape index (κ2) is 6.95. The molecule has 0 saturated heterocycles. The van der Waals surface area contributed by atoms with Gasteiger partial charge in [-0.1, -0.05) is 0 Å². The molecule has 27 heavy (non-hydrogen) atoms. The summed E-state index contributed by atoms with van der Waals surface area (Å²) in [5.41, 5.74) is 7.35. The Morgan fingerprint density at radius 2 is 1.44 bits per heavy atom. The zero-order valence-corrected chi connectivity index (χ0v) is 14.9. The number of rotatable bonds is 5. The standard InChI is InChI=1S/C20H19N3O4/c1-20(2,18(25)26)27-15-9-5-13(6-10-15)17-11-16(22-19(21)23-17)12-3-7-14(24)8-4-12/h3-11,24H,1-2H3,(H,25,26)(H2,21,22,23). The minimum absolute atomic E-state index is 0.128. The van der Waals surface area contributed by atoms with E-state index in [1.807, 2.05) is 0 Å². The number of hydrogen-bond acceptors (Lipinski definition) is 6. The third-order valence-electron chi connectivity index (χ3n) is 3.94. The fourth-order valence-electron chi connectivity index (χ4n) is 2.43. The molecule has 7 nitrogen and oxygen atoms in total. The first-order chi connectivity index (χ1) is 12.7. The van der Waals surface area contributed by atoms with E-state index in [1.54, 1.807) is 54.6 Å². The number of phenolic OH excluding ortho intramolecular Hbond substituents is 1. The lowest BCUT2D eigenvalue weighted by Gasteiger charge is -2.21. The number of carboxylic acid groups (broad SMARTS) is 1. The minimum atomic E-state index is -1.33. The lowest BCUT2D eigenvalue weighted by atomic mass is 10.1. The van der Waals surface area contributed by atoms with Crippen molar-refractivity contribution in [3.8, 4) is 34.0 Å². The Morgan fingerprint density at radius 3 is 1.93 bits per heavy atom. The SMILES string of the molecule is CC(C)(Oc1ccc(-c2cc(-c3ccc(O)cc3)nc(N)n2)cc1)C(=O)O. The highest BCUT2D eigenvalue weighted by Crippen LogP contribution is 2.28. The quantitative estimate of drug-likeness (QED) is 0.634. The van der Waals surface area contributed by atoms with Crippen molar-refractivity contribution < 1.29 is 19.7 Å². The van der Waals surface area contributed by atoms with Crippen LogP contribution in [0.5, 0.6) is 11.5 Å². The first-order valence-corrected chi connectivity index (χ1v) is 8.21. The zero-order valence-electron chi connectivity index (χ0n) is 14.9. The van der Waals surface area contributed by atoms with E-state index in [4.69, 9.17) is 15.6 Å². The lowest BCUT2D eigenvalue weighted by Crippen LogP contribution is -2.37. The van der Waals surface area contributed by atoms with E-state index in [0.29, 0.717) is 17.1 Å². The van der Waals surface area contributed by atoms with Gasteiger partial charge in [0.2, 0.25) is 5.95 Å². The fourth-order valence-corrected chi connectivity index (χ4v) is 2.43. The van der Waals surface area contributed by atoms with Crippen LogP contribution < -0.4 is 10.5 Å². The van der Waals surface area contributed by atoms with Crippen LogP contribution in [0.25, 0.3) is 22.5 Å². The van der Waals surface area contributed by atoms with E-state index in [9.17, 15) is 9.90 Å². The summed E-state index contributed by atoms with van der Waals surface area (Å²) in [6.45, 7) is 2.97. The number of hydrogen-bond donors (Lipinski definition) is 3. The number of phenols is 1. The zero-order chi connectivity index (χ0) is 19.6. The summed E-state index contributed by atoms with van der Waals surface area (Å²) in [5, 5.41) is 18.6. The van der Waals surface area contributed by atoms with Gasteiger partial charge in [-0.2, -0.15) is 0 Å². The van der Waals surface area contributed by atoms with E-state index >= 15 is 0 Å². The highest BCUT2D eigenvalue weighted by atomic mass is 16.5. The molecule has 4 N–H and O–H groups in total. The van der Waals surface area contributed by atoms with Crippen molar-refractivity contribution in [1.82, 2.24) is 9.97 Å². The number of aliphatic carboxylic acids is 1. The van der Waals surface area contributed by atoms with Gasteiger partial charge in [0, 0.05) is 11.1 Å². The number of aromatic hydroxyl groups is 1. The van der Waals surface area contributed by atoms with Crippen LogP contribution in [0.3, 0.4) is 0 Å². The van der Waals surface area contributed by atoms with Gasteiger partial charge in [-0.25, -0.2) is 14.8 Å². The van der Waals surface area contributed by atoms with Crippen LogP contribution in [0.4, 0.5) is 5.95 Å². The lowest BCUT2D eigenvalue weighted by molar-refractivity contribution is -0.152. The maximum Gasteiger partial charge on any atom is 0.347 e. The maximum atomic E-state index is 11.2. The molecule has 1 heterocycles. The average Bonchev–Trinajstić information content (AvgIpc) is 2.62. The third kappa shape index (κ3) is 4.14.